The summed E-state index contributed by atoms with van der Waals surface area (Å²) in [5.41, 5.74) is 1.50. The van der Waals surface area contributed by atoms with Gasteiger partial charge in [0.15, 0.2) is 0 Å². The van der Waals surface area contributed by atoms with E-state index in [1.807, 2.05) is 46.8 Å². The minimum Gasteiger partial charge on any atom is -0.355 e. The van der Waals surface area contributed by atoms with Gasteiger partial charge in [-0.15, -0.1) is 0 Å². The quantitative estimate of drug-likeness (QED) is 0.752. The first-order valence-corrected chi connectivity index (χ1v) is 8.73. The van der Waals surface area contributed by atoms with Crippen LogP contribution in [0, 0.1) is 12.8 Å². The second-order valence-electron chi connectivity index (χ2n) is 6.37. The molecule has 0 aliphatic heterocycles. The molecule has 0 bridgehead atoms. The highest BCUT2D eigenvalue weighted by Crippen LogP contribution is 2.10. The Hall–Kier alpha value is -2.37. The van der Waals surface area contributed by atoms with Gasteiger partial charge in [0.25, 0.3) is 5.91 Å². The monoisotopic (exact) mass is 347 g/mol. The summed E-state index contributed by atoms with van der Waals surface area (Å²) in [4.78, 5) is 38.6. The van der Waals surface area contributed by atoms with Crippen molar-refractivity contribution in [1.82, 2.24) is 15.5 Å². The van der Waals surface area contributed by atoms with Crippen molar-refractivity contribution in [2.24, 2.45) is 5.92 Å². The van der Waals surface area contributed by atoms with E-state index in [-0.39, 0.29) is 30.2 Å². The molecule has 0 aliphatic rings. The number of rotatable bonds is 8. The van der Waals surface area contributed by atoms with Crippen molar-refractivity contribution in [2.45, 2.75) is 40.7 Å². The van der Waals surface area contributed by atoms with Crippen LogP contribution in [0.1, 0.15) is 43.6 Å². The molecule has 0 saturated heterocycles. The maximum atomic E-state index is 12.8. The average Bonchev–Trinajstić information content (AvgIpc) is 2.56. The molecule has 1 aromatic rings. The molecular weight excluding hydrogens is 318 g/mol. The van der Waals surface area contributed by atoms with E-state index in [1.54, 1.807) is 12.1 Å². The second kappa shape index (κ2) is 9.81. The van der Waals surface area contributed by atoms with Gasteiger partial charge in [-0.25, -0.2) is 0 Å². The predicted octanol–water partition coefficient (Wildman–Crippen LogP) is 1.73. The zero-order valence-electron chi connectivity index (χ0n) is 15.8. The topological polar surface area (TPSA) is 78.5 Å². The predicted molar refractivity (Wildman–Crippen MR) is 98.2 cm³/mol. The van der Waals surface area contributed by atoms with Crippen molar-refractivity contribution in [3.63, 3.8) is 0 Å². The van der Waals surface area contributed by atoms with E-state index in [4.69, 9.17) is 0 Å². The molecule has 138 valence electrons. The van der Waals surface area contributed by atoms with Gasteiger partial charge in [-0.2, -0.15) is 0 Å². The summed E-state index contributed by atoms with van der Waals surface area (Å²) in [7, 11) is 0. The molecule has 1 atom stereocenters. The molecule has 25 heavy (non-hydrogen) atoms. The number of hydrogen-bond acceptors (Lipinski definition) is 3. The average molecular weight is 347 g/mol. The number of amides is 3. The molecule has 1 rings (SSSR count). The summed E-state index contributed by atoms with van der Waals surface area (Å²) in [6, 6.07) is 6.54. The zero-order chi connectivity index (χ0) is 19.0. The number of carbonyl (C=O) groups is 3. The summed E-state index contributed by atoms with van der Waals surface area (Å²) in [5.74, 6) is -0.829. The SMILES string of the molecule is CCNC(=O)CN(CC)C(=O)C(NC(=O)c1cccc(C)c1)C(C)C. The lowest BCUT2D eigenvalue weighted by molar-refractivity contribution is -0.138. The molecular formula is C19H29N3O3. The van der Waals surface area contributed by atoms with Gasteiger partial charge < -0.3 is 15.5 Å². The second-order valence-corrected chi connectivity index (χ2v) is 6.37. The van der Waals surface area contributed by atoms with Crippen molar-refractivity contribution in [1.29, 1.82) is 0 Å². The molecule has 1 aromatic carbocycles. The Labute approximate surface area is 150 Å². The number of nitrogens with zero attached hydrogens (tertiary/aromatic N) is 1. The Morgan fingerprint density at radius 3 is 2.36 bits per heavy atom. The van der Waals surface area contributed by atoms with Gasteiger partial charge in [-0.3, -0.25) is 14.4 Å². The first-order valence-electron chi connectivity index (χ1n) is 8.73. The Morgan fingerprint density at radius 2 is 1.84 bits per heavy atom. The van der Waals surface area contributed by atoms with Gasteiger partial charge >= 0.3 is 0 Å². The Bertz CT molecular complexity index is 614. The number of likely N-dealkylation sites (N-methyl/N-ethyl adjacent to an activating group) is 2. The van der Waals surface area contributed by atoms with E-state index in [0.717, 1.165) is 5.56 Å². The van der Waals surface area contributed by atoms with Gasteiger partial charge in [0.05, 0.1) is 6.54 Å². The molecule has 0 fully saturated rings. The van der Waals surface area contributed by atoms with E-state index in [1.165, 1.54) is 4.90 Å². The standard InChI is InChI=1S/C19H29N3O3/c1-6-20-16(23)12-22(7-2)19(25)17(13(3)4)21-18(24)15-10-8-9-14(5)11-15/h8-11,13,17H,6-7,12H2,1-5H3,(H,20,23)(H,21,24). The maximum Gasteiger partial charge on any atom is 0.251 e. The van der Waals surface area contributed by atoms with Crippen LogP contribution in [0.15, 0.2) is 24.3 Å². The molecule has 1 unspecified atom stereocenters. The van der Waals surface area contributed by atoms with Crippen LogP contribution in [0.3, 0.4) is 0 Å². The Morgan fingerprint density at radius 1 is 1.16 bits per heavy atom. The Balaban J connectivity index is 2.88. The molecule has 0 spiro atoms. The lowest BCUT2D eigenvalue weighted by Gasteiger charge is -2.28. The molecule has 0 radical (unpaired) electrons. The lowest BCUT2D eigenvalue weighted by Crippen LogP contribution is -2.53. The summed E-state index contributed by atoms with van der Waals surface area (Å²) < 4.78 is 0. The maximum absolute atomic E-state index is 12.8. The third-order valence-electron chi connectivity index (χ3n) is 3.90. The van der Waals surface area contributed by atoms with Crippen LogP contribution in [0.2, 0.25) is 0 Å². The minimum absolute atomic E-state index is 0.00723. The van der Waals surface area contributed by atoms with E-state index in [2.05, 4.69) is 10.6 Å². The summed E-state index contributed by atoms with van der Waals surface area (Å²) in [6.45, 7) is 10.2. The van der Waals surface area contributed by atoms with E-state index < -0.39 is 6.04 Å². The molecule has 0 aromatic heterocycles. The normalized spacial score (nSPS) is 11.8. The highest BCUT2D eigenvalue weighted by molar-refractivity contribution is 5.98. The fourth-order valence-electron chi connectivity index (χ4n) is 2.49. The van der Waals surface area contributed by atoms with Crippen LogP contribution >= 0.6 is 0 Å². The van der Waals surface area contributed by atoms with Crippen LogP contribution in [0.25, 0.3) is 0 Å². The minimum atomic E-state index is -0.678. The highest BCUT2D eigenvalue weighted by atomic mass is 16.2. The van der Waals surface area contributed by atoms with Crippen molar-refractivity contribution >= 4 is 17.7 Å². The molecule has 3 amide bonds. The van der Waals surface area contributed by atoms with Crippen LogP contribution in [0.5, 0.6) is 0 Å². The summed E-state index contributed by atoms with van der Waals surface area (Å²) >= 11 is 0. The molecule has 0 heterocycles. The largest absolute Gasteiger partial charge is 0.355 e. The molecule has 0 aliphatic carbocycles. The van der Waals surface area contributed by atoms with E-state index >= 15 is 0 Å². The molecule has 6 nitrogen and oxygen atoms in total. The van der Waals surface area contributed by atoms with Crippen molar-refractivity contribution in [3.05, 3.63) is 35.4 Å². The summed E-state index contributed by atoms with van der Waals surface area (Å²) in [5, 5.41) is 5.50. The number of aryl methyl sites for hydroxylation is 1. The first kappa shape index (κ1) is 20.7. The Kier molecular flexibility index (Phi) is 8.11. The third kappa shape index (κ3) is 6.21. The van der Waals surface area contributed by atoms with Gasteiger partial charge in [-0.1, -0.05) is 31.5 Å². The summed E-state index contributed by atoms with van der Waals surface area (Å²) in [6.07, 6.45) is 0. The fourth-order valence-corrected chi connectivity index (χ4v) is 2.49. The number of carbonyl (C=O) groups excluding carboxylic acids is 3. The molecule has 0 saturated carbocycles. The van der Waals surface area contributed by atoms with Crippen molar-refractivity contribution in [3.8, 4) is 0 Å². The van der Waals surface area contributed by atoms with Gasteiger partial charge in [-0.05, 0) is 38.8 Å². The van der Waals surface area contributed by atoms with Crippen LogP contribution < -0.4 is 10.6 Å². The van der Waals surface area contributed by atoms with Crippen molar-refractivity contribution in [2.75, 3.05) is 19.6 Å². The lowest BCUT2D eigenvalue weighted by atomic mass is 10.0. The van der Waals surface area contributed by atoms with Crippen molar-refractivity contribution < 1.29 is 14.4 Å². The number of nitrogens with one attached hydrogen (secondary N) is 2. The molecule has 6 heteroatoms. The van der Waals surface area contributed by atoms with Crippen LogP contribution in [0.4, 0.5) is 0 Å². The number of benzene rings is 1. The van der Waals surface area contributed by atoms with E-state index in [9.17, 15) is 14.4 Å². The smallest absolute Gasteiger partial charge is 0.251 e. The van der Waals surface area contributed by atoms with Gasteiger partial charge in [0, 0.05) is 18.7 Å². The van der Waals surface area contributed by atoms with E-state index in [0.29, 0.717) is 18.7 Å². The van der Waals surface area contributed by atoms with Crippen LogP contribution in [-0.4, -0.2) is 48.3 Å². The van der Waals surface area contributed by atoms with Gasteiger partial charge in [0.1, 0.15) is 6.04 Å². The van der Waals surface area contributed by atoms with Gasteiger partial charge in [0.2, 0.25) is 11.8 Å². The molecule has 2 N–H and O–H groups in total. The van der Waals surface area contributed by atoms with Crippen LogP contribution in [-0.2, 0) is 9.59 Å². The third-order valence-corrected chi connectivity index (χ3v) is 3.90. The highest BCUT2D eigenvalue weighted by Gasteiger charge is 2.29. The fraction of sp³-hybridized carbons (Fsp3) is 0.526. The zero-order valence-corrected chi connectivity index (χ0v) is 15.8. The first-order chi connectivity index (χ1) is 11.8. The number of hydrogen-bond donors (Lipinski definition) is 2.